The maximum Gasteiger partial charge on any atom is 0.159 e. The van der Waals surface area contributed by atoms with Gasteiger partial charge in [-0.1, -0.05) is 6.07 Å². The van der Waals surface area contributed by atoms with Crippen LogP contribution in [0.25, 0.3) is 5.82 Å². The molecular formula is C16H20N8. The number of anilines is 1. The van der Waals surface area contributed by atoms with Crippen molar-refractivity contribution in [1.29, 1.82) is 0 Å². The SMILES string of the molecule is Cc1cc2n(n1)CC(CNCc1cccnc1-n1cncn1)CN2. The summed E-state index contributed by atoms with van der Waals surface area (Å²) in [6.07, 6.45) is 4.95. The van der Waals surface area contributed by atoms with E-state index in [1.165, 1.54) is 6.33 Å². The number of hydrogen-bond acceptors (Lipinski definition) is 6. The van der Waals surface area contributed by atoms with E-state index in [1.807, 2.05) is 13.0 Å². The molecule has 0 radical (unpaired) electrons. The van der Waals surface area contributed by atoms with Crippen LogP contribution in [0.1, 0.15) is 11.3 Å². The molecule has 0 saturated heterocycles. The maximum absolute atomic E-state index is 4.51. The Morgan fingerprint density at radius 1 is 1.42 bits per heavy atom. The van der Waals surface area contributed by atoms with Crippen LogP contribution in [-0.2, 0) is 13.1 Å². The quantitative estimate of drug-likeness (QED) is 0.728. The second-order valence-corrected chi connectivity index (χ2v) is 6.06. The fourth-order valence-electron chi connectivity index (χ4n) is 3.02. The highest BCUT2D eigenvalue weighted by Crippen LogP contribution is 2.18. The second-order valence-electron chi connectivity index (χ2n) is 6.06. The number of aryl methyl sites for hydroxylation is 1. The normalized spacial score (nSPS) is 16.6. The summed E-state index contributed by atoms with van der Waals surface area (Å²) in [6.45, 7) is 5.57. The van der Waals surface area contributed by atoms with Gasteiger partial charge in [-0.2, -0.15) is 10.2 Å². The molecule has 8 heteroatoms. The van der Waals surface area contributed by atoms with Crippen molar-refractivity contribution >= 4 is 5.82 Å². The van der Waals surface area contributed by atoms with Crippen molar-refractivity contribution in [2.24, 2.45) is 5.92 Å². The van der Waals surface area contributed by atoms with Gasteiger partial charge in [0.15, 0.2) is 5.82 Å². The van der Waals surface area contributed by atoms with E-state index in [2.05, 4.69) is 47.6 Å². The molecular weight excluding hydrogens is 304 g/mol. The highest BCUT2D eigenvalue weighted by atomic mass is 15.4. The zero-order valence-electron chi connectivity index (χ0n) is 13.6. The molecule has 24 heavy (non-hydrogen) atoms. The Balaban J connectivity index is 1.37. The number of pyridine rings is 1. The number of fused-ring (bicyclic) bond motifs is 1. The number of aromatic nitrogens is 6. The zero-order chi connectivity index (χ0) is 16.4. The molecule has 0 amide bonds. The lowest BCUT2D eigenvalue weighted by Crippen LogP contribution is -2.35. The van der Waals surface area contributed by atoms with E-state index in [9.17, 15) is 0 Å². The molecule has 8 nitrogen and oxygen atoms in total. The summed E-state index contributed by atoms with van der Waals surface area (Å²) in [5, 5.41) is 15.6. The fourth-order valence-corrected chi connectivity index (χ4v) is 3.02. The van der Waals surface area contributed by atoms with Gasteiger partial charge in [-0.05, 0) is 13.0 Å². The average Bonchev–Trinajstić information content (AvgIpc) is 3.23. The van der Waals surface area contributed by atoms with E-state index >= 15 is 0 Å². The van der Waals surface area contributed by atoms with Gasteiger partial charge in [0.2, 0.25) is 0 Å². The number of nitrogens with zero attached hydrogens (tertiary/aromatic N) is 6. The standard InChI is InChI=1S/C16H20N8/c1-12-5-15-20-7-13(9-23(15)22-12)6-17-8-14-3-2-4-19-16(14)24-11-18-10-21-24/h2-5,10-11,13,17,20H,6-9H2,1H3. The van der Waals surface area contributed by atoms with Gasteiger partial charge in [0.25, 0.3) is 0 Å². The molecule has 0 spiro atoms. The van der Waals surface area contributed by atoms with Crippen molar-refractivity contribution in [3.05, 3.63) is 48.3 Å². The first kappa shape index (κ1) is 14.8. The summed E-state index contributed by atoms with van der Waals surface area (Å²) < 4.78 is 3.74. The first-order chi connectivity index (χ1) is 11.8. The minimum absolute atomic E-state index is 0.503. The highest BCUT2D eigenvalue weighted by molar-refractivity contribution is 5.38. The van der Waals surface area contributed by atoms with E-state index in [0.717, 1.165) is 49.1 Å². The molecule has 124 valence electrons. The van der Waals surface area contributed by atoms with Crippen LogP contribution < -0.4 is 10.6 Å². The van der Waals surface area contributed by atoms with Gasteiger partial charge in [-0.15, -0.1) is 0 Å². The third-order valence-corrected chi connectivity index (χ3v) is 4.16. The average molecular weight is 324 g/mol. The molecule has 4 heterocycles. The monoisotopic (exact) mass is 324 g/mol. The van der Waals surface area contributed by atoms with Crippen molar-refractivity contribution in [3.63, 3.8) is 0 Å². The summed E-state index contributed by atoms with van der Waals surface area (Å²) in [5.41, 5.74) is 2.15. The summed E-state index contributed by atoms with van der Waals surface area (Å²) in [6, 6.07) is 6.09. The molecule has 0 saturated carbocycles. The van der Waals surface area contributed by atoms with Gasteiger partial charge in [0.1, 0.15) is 18.5 Å². The van der Waals surface area contributed by atoms with Gasteiger partial charge in [-0.3, -0.25) is 0 Å². The Morgan fingerprint density at radius 2 is 2.38 bits per heavy atom. The molecule has 0 aromatic carbocycles. The third-order valence-electron chi connectivity index (χ3n) is 4.16. The van der Waals surface area contributed by atoms with Crippen molar-refractivity contribution < 1.29 is 0 Å². The second kappa shape index (κ2) is 6.40. The van der Waals surface area contributed by atoms with Crippen LogP contribution in [-0.4, -0.2) is 42.6 Å². The molecule has 4 rings (SSSR count). The lowest BCUT2D eigenvalue weighted by Gasteiger charge is -2.25. The first-order valence-corrected chi connectivity index (χ1v) is 8.07. The molecule has 0 bridgehead atoms. The summed E-state index contributed by atoms with van der Waals surface area (Å²) in [4.78, 5) is 8.40. The van der Waals surface area contributed by atoms with Gasteiger partial charge >= 0.3 is 0 Å². The van der Waals surface area contributed by atoms with Crippen LogP contribution in [0.5, 0.6) is 0 Å². The lowest BCUT2D eigenvalue weighted by atomic mass is 10.1. The van der Waals surface area contributed by atoms with Crippen LogP contribution in [0.3, 0.4) is 0 Å². The van der Waals surface area contributed by atoms with Gasteiger partial charge in [0, 0.05) is 49.9 Å². The van der Waals surface area contributed by atoms with Gasteiger partial charge in [-0.25, -0.2) is 19.3 Å². The van der Waals surface area contributed by atoms with Crippen LogP contribution in [0.2, 0.25) is 0 Å². The molecule has 1 aliphatic heterocycles. The van der Waals surface area contributed by atoms with Crippen molar-refractivity contribution in [2.45, 2.75) is 20.0 Å². The Bertz CT molecular complexity index is 807. The molecule has 0 fully saturated rings. The predicted octanol–water partition coefficient (Wildman–Crippen LogP) is 0.999. The number of rotatable bonds is 5. The lowest BCUT2D eigenvalue weighted by molar-refractivity contribution is 0.390. The number of nitrogens with one attached hydrogen (secondary N) is 2. The fraction of sp³-hybridized carbons (Fsp3) is 0.375. The topological polar surface area (TPSA) is 85.5 Å². The van der Waals surface area contributed by atoms with E-state index in [1.54, 1.807) is 17.2 Å². The Morgan fingerprint density at radius 3 is 3.25 bits per heavy atom. The summed E-state index contributed by atoms with van der Waals surface area (Å²) >= 11 is 0. The molecule has 3 aromatic rings. The van der Waals surface area contributed by atoms with Crippen LogP contribution >= 0.6 is 0 Å². The first-order valence-electron chi connectivity index (χ1n) is 8.07. The third kappa shape index (κ3) is 3.00. The summed E-state index contributed by atoms with van der Waals surface area (Å²) in [7, 11) is 0. The van der Waals surface area contributed by atoms with Crippen molar-refractivity contribution in [2.75, 3.05) is 18.4 Å². The molecule has 2 N–H and O–H groups in total. The van der Waals surface area contributed by atoms with E-state index in [4.69, 9.17) is 0 Å². The highest BCUT2D eigenvalue weighted by Gasteiger charge is 2.19. The van der Waals surface area contributed by atoms with Crippen LogP contribution in [0.15, 0.2) is 37.1 Å². The van der Waals surface area contributed by atoms with Gasteiger partial charge < -0.3 is 10.6 Å². The molecule has 3 aromatic heterocycles. The maximum atomic E-state index is 4.51. The van der Waals surface area contributed by atoms with E-state index < -0.39 is 0 Å². The van der Waals surface area contributed by atoms with E-state index in [0.29, 0.717) is 5.92 Å². The number of hydrogen-bond donors (Lipinski definition) is 2. The molecule has 1 unspecified atom stereocenters. The Hall–Kier alpha value is -2.74. The van der Waals surface area contributed by atoms with Crippen molar-refractivity contribution in [3.8, 4) is 5.82 Å². The predicted molar refractivity (Wildman–Crippen MR) is 89.8 cm³/mol. The van der Waals surface area contributed by atoms with Crippen LogP contribution in [0.4, 0.5) is 5.82 Å². The molecule has 1 aliphatic rings. The summed E-state index contributed by atoms with van der Waals surface area (Å²) in [5.74, 6) is 2.43. The van der Waals surface area contributed by atoms with Crippen LogP contribution in [0, 0.1) is 12.8 Å². The van der Waals surface area contributed by atoms with Crippen molar-refractivity contribution in [1.82, 2.24) is 34.8 Å². The zero-order valence-corrected chi connectivity index (χ0v) is 13.6. The van der Waals surface area contributed by atoms with Gasteiger partial charge in [0.05, 0.1) is 5.69 Å². The minimum atomic E-state index is 0.503. The smallest absolute Gasteiger partial charge is 0.159 e. The molecule has 0 aliphatic carbocycles. The minimum Gasteiger partial charge on any atom is -0.370 e. The largest absolute Gasteiger partial charge is 0.370 e. The van der Waals surface area contributed by atoms with E-state index in [-0.39, 0.29) is 0 Å². The Kier molecular flexibility index (Phi) is 3.96. The Labute approximate surface area is 139 Å². The molecule has 1 atom stereocenters.